The first kappa shape index (κ1) is 21.9. The van der Waals surface area contributed by atoms with Crippen LogP contribution in [0.2, 0.25) is 0 Å². The molecule has 0 saturated heterocycles. The molecule has 1 atom stereocenters. The highest BCUT2D eigenvalue weighted by molar-refractivity contribution is 5.81. The van der Waals surface area contributed by atoms with Crippen LogP contribution in [0.3, 0.4) is 0 Å². The summed E-state index contributed by atoms with van der Waals surface area (Å²) in [5.74, 6) is 0.429. The molecule has 172 valence electrons. The molecule has 2 aliphatic rings. The summed E-state index contributed by atoms with van der Waals surface area (Å²) >= 11 is 0. The van der Waals surface area contributed by atoms with E-state index in [2.05, 4.69) is 130 Å². The van der Waals surface area contributed by atoms with Gasteiger partial charge in [-0.25, -0.2) is 0 Å². The number of allylic oxidation sites excluding steroid dienone is 4. The zero-order valence-electron chi connectivity index (χ0n) is 20.9. The molecule has 0 fully saturated rings. The van der Waals surface area contributed by atoms with E-state index in [1.807, 2.05) is 0 Å². The number of rotatable bonds is 4. The molecule has 0 radical (unpaired) electrons. The quantitative estimate of drug-likeness (QED) is 0.289. The van der Waals surface area contributed by atoms with Gasteiger partial charge in [-0.1, -0.05) is 136 Å². The van der Waals surface area contributed by atoms with Crippen LogP contribution >= 0.6 is 0 Å². The Bertz CT molecular complexity index is 1450. The zero-order chi connectivity index (χ0) is 24.0. The third kappa shape index (κ3) is 3.78. The van der Waals surface area contributed by atoms with Crippen molar-refractivity contribution in [1.29, 1.82) is 0 Å². The third-order valence-electron chi connectivity index (χ3n) is 8.21. The largest absolute Gasteiger partial charge is 0.0627 e. The Morgan fingerprint density at radius 1 is 0.600 bits per heavy atom. The SMILES string of the molecule is CC(C1=CC=C(c2ccc(-c3ccccc3)cc2)CC1)c1ccc2c(c1)C(C)(C)c1ccccc1-2. The summed E-state index contributed by atoms with van der Waals surface area (Å²) in [5, 5.41) is 0. The van der Waals surface area contributed by atoms with Crippen LogP contribution in [-0.4, -0.2) is 0 Å². The lowest BCUT2D eigenvalue weighted by molar-refractivity contribution is 0.658. The number of fused-ring (bicyclic) bond motifs is 3. The van der Waals surface area contributed by atoms with Gasteiger partial charge in [-0.15, -0.1) is 0 Å². The molecule has 35 heavy (non-hydrogen) atoms. The van der Waals surface area contributed by atoms with Gasteiger partial charge < -0.3 is 0 Å². The van der Waals surface area contributed by atoms with Gasteiger partial charge in [-0.05, 0) is 62.9 Å². The van der Waals surface area contributed by atoms with Crippen molar-refractivity contribution in [2.45, 2.75) is 44.9 Å². The monoisotopic (exact) mass is 452 g/mol. The van der Waals surface area contributed by atoms with E-state index in [4.69, 9.17) is 0 Å². The van der Waals surface area contributed by atoms with Gasteiger partial charge in [0, 0.05) is 11.3 Å². The summed E-state index contributed by atoms with van der Waals surface area (Å²) in [6, 6.07) is 35.7. The maximum absolute atomic E-state index is 2.47. The first-order valence-electron chi connectivity index (χ1n) is 12.8. The molecule has 0 bridgehead atoms. The molecule has 6 rings (SSSR count). The van der Waals surface area contributed by atoms with E-state index >= 15 is 0 Å². The highest BCUT2D eigenvalue weighted by Crippen LogP contribution is 2.49. The van der Waals surface area contributed by atoms with Crippen molar-refractivity contribution >= 4 is 5.57 Å². The van der Waals surface area contributed by atoms with E-state index in [0.717, 1.165) is 12.8 Å². The molecule has 0 N–H and O–H groups in total. The molecule has 0 spiro atoms. The second kappa shape index (κ2) is 8.54. The lowest BCUT2D eigenvalue weighted by Crippen LogP contribution is -2.15. The number of hydrogen-bond donors (Lipinski definition) is 0. The van der Waals surface area contributed by atoms with Crippen LogP contribution in [0.25, 0.3) is 27.8 Å². The molecular weight excluding hydrogens is 420 g/mol. The Balaban J connectivity index is 1.24. The molecule has 4 aromatic rings. The second-order valence-corrected chi connectivity index (χ2v) is 10.6. The Labute approximate surface area is 209 Å². The van der Waals surface area contributed by atoms with Gasteiger partial charge in [0.05, 0.1) is 0 Å². The second-order valence-electron chi connectivity index (χ2n) is 10.6. The highest BCUT2D eigenvalue weighted by Gasteiger charge is 2.35. The summed E-state index contributed by atoms with van der Waals surface area (Å²) in [5.41, 5.74) is 14.1. The first-order chi connectivity index (χ1) is 17.0. The Kier molecular flexibility index (Phi) is 5.33. The van der Waals surface area contributed by atoms with E-state index in [9.17, 15) is 0 Å². The molecule has 0 saturated carbocycles. The van der Waals surface area contributed by atoms with E-state index in [-0.39, 0.29) is 5.41 Å². The molecule has 2 aliphatic carbocycles. The third-order valence-corrected chi connectivity index (χ3v) is 8.21. The van der Waals surface area contributed by atoms with Gasteiger partial charge in [-0.3, -0.25) is 0 Å². The maximum Gasteiger partial charge on any atom is 0.0158 e. The molecule has 0 aliphatic heterocycles. The minimum absolute atomic E-state index is 0.0571. The minimum atomic E-state index is 0.0571. The van der Waals surface area contributed by atoms with E-state index in [0.29, 0.717) is 5.92 Å². The first-order valence-corrected chi connectivity index (χ1v) is 12.8. The standard InChI is InChI=1S/C35H32/c1-24(30-21-22-32-31-11-7-8-12-33(31)35(2,3)34(32)23-30)25-13-15-28(16-14-25)29-19-17-27(18-20-29)26-9-5-4-6-10-26/h4-13,15,17-24H,14,16H2,1-3H3. The molecule has 0 heterocycles. The van der Waals surface area contributed by atoms with Crippen LogP contribution < -0.4 is 0 Å². The number of benzene rings is 4. The van der Waals surface area contributed by atoms with Crippen LogP contribution in [0.4, 0.5) is 0 Å². The van der Waals surface area contributed by atoms with Gasteiger partial charge in [0.25, 0.3) is 0 Å². The van der Waals surface area contributed by atoms with Crippen molar-refractivity contribution in [3.8, 4) is 22.3 Å². The minimum Gasteiger partial charge on any atom is -0.0627 e. The van der Waals surface area contributed by atoms with Crippen molar-refractivity contribution in [1.82, 2.24) is 0 Å². The van der Waals surface area contributed by atoms with Gasteiger partial charge in [0.2, 0.25) is 0 Å². The summed E-state index contributed by atoms with van der Waals surface area (Å²) in [6.45, 7) is 7.10. The lowest BCUT2D eigenvalue weighted by atomic mass is 9.79. The predicted octanol–water partition coefficient (Wildman–Crippen LogP) is 9.57. The summed E-state index contributed by atoms with van der Waals surface area (Å²) in [6.07, 6.45) is 6.94. The molecule has 4 aromatic carbocycles. The van der Waals surface area contributed by atoms with Crippen molar-refractivity contribution < 1.29 is 0 Å². The Morgan fingerprint density at radius 3 is 2.00 bits per heavy atom. The van der Waals surface area contributed by atoms with Gasteiger partial charge in [0.1, 0.15) is 0 Å². The van der Waals surface area contributed by atoms with Crippen LogP contribution in [0.15, 0.2) is 115 Å². The molecular formula is C35H32. The molecule has 0 heteroatoms. The van der Waals surface area contributed by atoms with Crippen molar-refractivity contribution in [2.24, 2.45) is 0 Å². The van der Waals surface area contributed by atoms with Crippen LogP contribution in [0.1, 0.15) is 61.8 Å². The summed E-state index contributed by atoms with van der Waals surface area (Å²) in [4.78, 5) is 0. The molecule has 1 unspecified atom stereocenters. The van der Waals surface area contributed by atoms with Crippen molar-refractivity contribution in [3.63, 3.8) is 0 Å². The molecule has 0 aromatic heterocycles. The van der Waals surface area contributed by atoms with Crippen LogP contribution in [0.5, 0.6) is 0 Å². The molecule has 0 nitrogen and oxygen atoms in total. The van der Waals surface area contributed by atoms with Gasteiger partial charge in [-0.2, -0.15) is 0 Å². The maximum atomic E-state index is 2.47. The fraction of sp³-hybridized carbons (Fsp3) is 0.200. The average Bonchev–Trinajstić information content (AvgIpc) is 3.15. The summed E-state index contributed by atoms with van der Waals surface area (Å²) < 4.78 is 0. The average molecular weight is 453 g/mol. The van der Waals surface area contributed by atoms with Gasteiger partial charge >= 0.3 is 0 Å². The fourth-order valence-electron chi connectivity index (χ4n) is 5.97. The Morgan fingerprint density at radius 2 is 1.26 bits per heavy atom. The van der Waals surface area contributed by atoms with E-state index < -0.39 is 0 Å². The lowest BCUT2D eigenvalue weighted by Gasteiger charge is -2.25. The smallest absolute Gasteiger partial charge is 0.0158 e. The van der Waals surface area contributed by atoms with Gasteiger partial charge in [0.15, 0.2) is 0 Å². The fourth-order valence-corrected chi connectivity index (χ4v) is 5.97. The summed E-state index contributed by atoms with van der Waals surface area (Å²) in [7, 11) is 0. The topological polar surface area (TPSA) is 0 Å². The van der Waals surface area contributed by atoms with E-state index in [1.165, 1.54) is 55.7 Å². The molecule has 0 amide bonds. The predicted molar refractivity (Wildman–Crippen MR) is 150 cm³/mol. The van der Waals surface area contributed by atoms with E-state index in [1.54, 1.807) is 0 Å². The van der Waals surface area contributed by atoms with Crippen molar-refractivity contribution in [2.75, 3.05) is 0 Å². The Hall–Kier alpha value is -3.64. The number of hydrogen-bond acceptors (Lipinski definition) is 0. The highest BCUT2D eigenvalue weighted by atomic mass is 14.4. The normalized spacial score (nSPS) is 16.7. The van der Waals surface area contributed by atoms with Crippen LogP contribution in [0, 0.1) is 0 Å². The van der Waals surface area contributed by atoms with Crippen molar-refractivity contribution in [3.05, 3.63) is 137 Å². The zero-order valence-corrected chi connectivity index (χ0v) is 20.9. The van der Waals surface area contributed by atoms with Crippen LogP contribution in [-0.2, 0) is 5.41 Å².